The van der Waals surface area contributed by atoms with E-state index in [0.717, 1.165) is 5.56 Å². The number of carbonyl (C=O) groups is 2. The average molecular weight is 324 g/mol. The monoisotopic (exact) mass is 324 g/mol. The van der Waals surface area contributed by atoms with E-state index in [1.54, 1.807) is 0 Å². The second kappa shape index (κ2) is 8.05. The molecule has 0 aliphatic carbocycles. The zero-order valence-corrected chi connectivity index (χ0v) is 13.0. The number of aliphatic hydroxyl groups is 1. The van der Waals surface area contributed by atoms with Crippen molar-refractivity contribution < 1.29 is 33.6 Å². The number of benzene rings is 1. The summed E-state index contributed by atoms with van der Waals surface area (Å²) >= 11 is 0. The Balaban J connectivity index is 2.10. The van der Waals surface area contributed by atoms with E-state index in [4.69, 9.17) is 18.9 Å². The largest absolute Gasteiger partial charge is 0.456 e. The van der Waals surface area contributed by atoms with Crippen molar-refractivity contribution in [2.24, 2.45) is 0 Å². The summed E-state index contributed by atoms with van der Waals surface area (Å²) in [5.41, 5.74) is 0.885. The number of hydrogen-bond donors (Lipinski definition) is 1. The number of hydrogen-bond acceptors (Lipinski definition) is 7. The first-order chi connectivity index (χ1) is 11.0. The minimum Gasteiger partial charge on any atom is -0.456 e. The maximum Gasteiger partial charge on any atom is 0.303 e. The number of ether oxygens (including phenoxy) is 4. The summed E-state index contributed by atoms with van der Waals surface area (Å²) in [7, 11) is 0. The molecule has 0 saturated carbocycles. The zero-order valence-electron chi connectivity index (χ0n) is 13.0. The quantitative estimate of drug-likeness (QED) is 0.800. The van der Waals surface area contributed by atoms with E-state index in [9.17, 15) is 14.7 Å². The molecule has 0 spiro atoms. The molecule has 1 fully saturated rings. The van der Waals surface area contributed by atoms with Crippen molar-refractivity contribution in [2.45, 2.75) is 45.1 Å². The van der Waals surface area contributed by atoms with Gasteiger partial charge in [0.1, 0.15) is 6.10 Å². The van der Waals surface area contributed by atoms with Crippen LogP contribution in [0.25, 0.3) is 0 Å². The average Bonchev–Trinajstić information content (AvgIpc) is 2.50. The van der Waals surface area contributed by atoms with Gasteiger partial charge in [-0.2, -0.15) is 0 Å². The molecule has 1 aromatic carbocycles. The van der Waals surface area contributed by atoms with Crippen LogP contribution in [0, 0.1) is 0 Å². The van der Waals surface area contributed by atoms with Crippen molar-refractivity contribution in [1.82, 2.24) is 0 Å². The lowest BCUT2D eigenvalue weighted by molar-refractivity contribution is -0.274. The highest BCUT2D eigenvalue weighted by Crippen LogP contribution is 2.24. The molecular weight excluding hydrogens is 304 g/mol. The smallest absolute Gasteiger partial charge is 0.303 e. The molecule has 1 aliphatic heterocycles. The third-order valence-corrected chi connectivity index (χ3v) is 3.31. The highest BCUT2D eigenvalue weighted by molar-refractivity contribution is 5.67. The predicted molar refractivity (Wildman–Crippen MR) is 78.1 cm³/mol. The number of aliphatic hydroxyl groups excluding tert-OH is 1. The Morgan fingerprint density at radius 1 is 1.13 bits per heavy atom. The van der Waals surface area contributed by atoms with Crippen LogP contribution in [0.3, 0.4) is 0 Å². The third kappa shape index (κ3) is 5.02. The number of rotatable bonds is 5. The molecule has 0 radical (unpaired) electrons. The topological polar surface area (TPSA) is 91.3 Å². The van der Waals surface area contributed by atoms with E-state index in [1.807, 2.05) is 30.3 Å². The van der Waals surface area contributed by atoms with E-state index in [2.05, 4.69) is 0 Å². The van der Waals surface area contributed by atoms with E-state index < -0.39 is 36.5 Å². The fourth-order valence-electron chi connectivity index (χ4n) is 2.35. The molecule has 1 N–H and O–H groups in total. The second-order valence-corrected chi connectivity index (χ2v) is 5.21. The summed E-state index contributed by atoms with van der Waals surface area (Å²) in [6, 6.07) is 9.32. The van der Waals surface area contributed by atoms with E-state index in [-0.39, 0.29) is 13.2 Å². The van der Waals surface area contributed by atoms with Crippen LogP contribution in [0.5, 0.6) is 0 Å². The van der Waals surface area contributed by atoms with Gasteiger partial charge < -0.3 is 24.1 Å². The molecule has 1 saturated heterocycles. The van der Waals surface area contributed by atoms with Gasteiger partial charge in [0.15, 0.2) is 18.5 Å². The molecule has 0 unspecified atom stereocenters. The summed E-state index contributed by atoms with van der Waals surface area (Å²) in [5, 5.41) is 10.0. The molecular formula is C16H20O7. The van der Waals surface area contributed by atoms with Gasteiger partial charge in [0.2, 0.25) is 0 Å². The minimum atomic E-state index is -1.28. The maximum absolute atomic E-state index is 11.3. The summed E-state index contributed by atoms with van der Waals surface area (Å²) in [6.45, 7) is 2.59. The van der Waals surface area contributed by atoms with Gasteiger partial charge in [-0.05, 0) is 5.56 Å². The Labute approximate surface area is 134 Å². The maximum atomic E-state index is 11.3. The lowest BCUT2D eigenvalue weighted by atomic mass is 10.0. The standard InChI is InChI=1S/C16H20O7/c1-10(17)22-13-9-21-16(19)15(14(13)23-11(2)18)20-8-12-6-4-3-5-7-12/h3-7,13-16,19H,8-9H2,1-2H3/t13-,14+,15-,16-/m1/s1. The summed E-state index contributed by atoms with van der Waals surface area (Å²) in [5.74, 6) is -1.09. The Hall–Kier alpha value is -1.96. The molecule has 0 amide bonds. The van der Waals surface area contributed by atoms with Crippen LogP contribution in [-0.2, 0) is 35.1 Å². The Bertz CT molecular complexity index is 530. The summed E-state index contributed by atoms with van der Waals surface area (Å²) in [6.07, 6.45) is -4.02. The first-order valence-electron chi connectivity index (χ1n) is 7.27. The van der Waals surface area contributed by atoms with E-state index in [1.165, 1.54) is 13.8 Å². The van der Waals surface area contributed by atoms with Crippen molar-refractivity contribution in [3.63, 3.8) is 0 Å². The van der Waals surface area contributed by atoms with Gasteiger partial charge in [0.05, 0.1) is 13.2 Å². The lowest BCUT2D eigenvalue weighted by Gasteiger charge is -2.38. The van der Waals surface area contributed by atoms with Crippen LogP contribution in [0.2, 0.25) is 0 Å². The molecule has 23 heavy (non-hydrogen) atoms. The fourth-order valence-corrected chi connectivity index (χ4v) is 2.35. The van der Waals surface area contributed by atoms with Gasteiger partial charge in [0, 0.05) is 13.8 Å². The normalized spacial score (nSPS) is 27.3. The number of esters is 2. The number of carbonyl (C=O) groups excluding carboxylic acids is 2. The van der Waals surface area contributed by atoms with Crippen LogP contribution in [0.1, 0.15) is 19.4 Å². The Morgan fingerprint density at radius 3 is 2.39 bits per heavy atom. The molecule has 1 aliphatic rings. The summed E-state index contributed by atoms with van der Waals surface area (Å²) in [4.78, 5) is 22.5. The highest BCUT2D eigenvalue weighted by Gasteiger charge is 2.44. The SMILES string of the molecule is CC(=O)O[C@@H]1[C@@H](OCc2ccccc2)[C@H](O)OC[C@H]1OC(C)=O. The minimum absolute atomic E-state index is 0.0795. The Kier molecular flexibility index (Phi) is 6.09. The van der Waals surface area contributed by atoms with Gasteiger partial charge in [-0.1, -0.05) is 30.3 Å². The molecule has 2 rings (SSSR count). The van der Waals surface area contributed by atoms with Crippen LogP contribution in [-0.4, -0.2) is 48.3 Å². The summed E-state index contributed by atoms with van der Waals surface area (Å²) < 4.78 is 21.1. The van der Waals surface area contributed by atoms with Crippen molar-refractivity contribution in [1.29, 1.82) is 0 Å². The molecule has 7 heteroatoms. The van der Waals surface area contributed by atoms with Gasteiger partial charge >= 0.3 is 11.9 Å². The first-order valence-corrected chi connectivity index (χ1v) is 7.27. The third-order valence-electron chi connectivity index (χ3n) is 3.31. The molecule has 0 bridgehead atoms. The van der Waals surface area contributed by atoms with Crippen molar-refractivity contribution in [3.8, 4) is 0 Å². The van der Waals surface area contributed by atoms with Crippen molar-refractivity contribution in [3.05, 3.63) is 35.9 Å². The lowest BCUT2D eigenvalue weighted by Crippen LogP contribution is -2.56. The van der Waals surface area contributed by atoms with E-state index in [0.29, 0.717) is 0 Å². The van der Waals surface area contributed by atoms with Crippen molar-refractivity contribution in [2.75, 3.05) is 6.61 Å². The fraction of sp³-hybridized carbons (Fsp3) is 0.500. The van der Waals surface area contributed by atoms with Crippen LogP contribution >= 0.6 is 0 Å². The molecule has 4 atom stereocenters. The van der Waals surface area contributed by atoms with E-state index >= 15 is 0 Å². The van der Waals surface area contributed by atoms with Crippen LogP contribution < -0.4 is 0 Å². The van der Waals surface area contributed by atoms with Gasteiger partial charge in [0.25, 0.3) is 0 Å². The van der Waals surface area contributed by atoms with Gasteiger partial charge in [-0.3, -0.25) is 9.59 Å². The highest BCUT2D eigenvalue weighted by atomic mass is 16.7. The molecule has 1 heterocycles. The van der Waals surface area contributed by atoms with Crippen LogP contribution in [0.4, 0.5) is 0 Å². The molecule has 0 aromatic heterocycles. The molecule has 7 nitrogen and oxygen atoms in total. The second-order valence-electron chi connectivity index (χ2n) is 5.21. The van der Waals surface area contributed by atoms with Gasteiger partial charge in [-0.15, -0.1) is 0 Å². The predicted octanol–water partition coefficient (Wildman–Crippen LogP) is 0.784. The molecule has 1 aromatic rings. The Morgan fingerprint density at radius 2 is 1.78 bits per heavy atom. The van der Waals surface area contributed by atoms with Crippen LogP contribution in [0.15, 0.2) is 30.3 Å². The molecule has 126 valence electrons. The van der Waals surface area contributed by atoms with Gasteiger partial charge in [-0.25, -0.2) is 0 Å². The zero-order chi connectivity index (χ0) is 16.8. The van der Waals surface area contributed by atoms with Crippen molar-refractivity contribution >= 4 is 11.9 Å². The first kappa shape index (κ1) is 17.4.